The maximum atomic E-state index is 11.7. The van der Waals surface area contributed by atoms with Crippen molar-refractivity contribution in [3.8, 4) is 6.07 Å². The Morgan fingerprint density at radius 1 is 1.20 bits per heavy atom. The van der Waals surface area contributed by atoms with Crippen LogP contribution in [0.15, 0.2) is 48.5 Å². The van der Waals surface area contributed by atoms with Crippen molar-refractivity contribution in [2.24, 2.45) is 0 Å². The summed E-state index contributed by atoms with van der Waals surface area (Å²) in [7, 11) is 0. The molecular weight excluding hydrogens is 250 g/mol. The number of nitrogens with zero attached hydrogens (tertiary/aromatic N) is 1. The molecule has 0 aliphatic carbocycles. The lowest BCUT2D eigenvalue weighted by Crippen LogP contribution is -2.28. The number of hydrogen-bond acceptors (Lipinski definition) is 2. The maximum Gasteiger partial charge on any atom is 0.319 e. The molecule has 0 aliphatic heterocycles. The van der Waals surface area contributed by atoms with Crippen LogP contribution in [0.5, 0.6) is 0 Å². The van der Waals surface area contributed by atoms with Crippen LogP contribution in [0.4, 0.5) is 10.5 Å². The van der Waals surface area contributed by atoms with Crippen LogP contribution in [0.2, 0.25) is 0 Å². The Labute approximate surface area is 118 Å². The molecule has 0 aliphatic rings. The predicted molar refractivity (Wildman–Crippen MR) is 78.2 cm³/mol. The Balaban J connectivity index is 1.87. The second kappa shape index (κ2) is 6.39. The SMILES string of the molecule is Cc1cccc(NC(=O)NCc2ccc(C#N)cc2)c1. The number of amides is 2. The van der Waals surface area contributed by atoms with Gasteiger partial charge in [0.25, 0.3) is 0 Å². The number of carbonyl (C=O) groups excluding carboxylic acids is 1. The van der Waals surface area contributed by atoms with Crippen LogP contribution >= 0.6 is 0 Å². The molecule has 100 valence electrons. The Morgan fingerprint density at radius 2 is 1.95 bits per heavy atom. The van der Waals surface area contributed by atoms with Crippen LogP contribution in [0, 0.1) is 18.3 Å². The van der Waals surface area contributed by atoms with Gasteiger partial charge in [-0.25, -0.2) is 4.79 Å². The minimum Gasteiger partial charge on any atom is -0.334 e. The molecular formula is C16H15N3O. The highest BCUT2D eigenvalue weighted by molar-refractivity contribution is 5.89. The molecule has 2 amide bonds. The fourth-order valence-corrected chi connectivity index (χ4v) is 1.78. The number of urea groups is 1. The summed E-state index contributed by atoms with van der Waals surface area (Å²) >= 11 is 0. The predicted octanol–water partition coefficient (Wildman–Crippen LogP) is 3.19. The van der Waals surface area contributed by atoms with Gasteiger partial charge in [-0.1, -0.05) is 24.3 Å². The zero-order valence-electron chi connectivity index (χ0n) is 11.2. The number of carbonyl (C=O) groups is 1. The lowest BCUT2D eigenvalue weighted by atomic mass is 10.1. The van der Waals surface area contributed by atoms with Gasteiger partial charge in [-0.2, -0.15) is 5.26 Å². The van der Waals surface area contributed by atoms with Crippen LogP contribution in [0.1, 0.15) is 16.7 Å². The number of anilines is 1. The third kappa shape index (κ3) is 3.85. The fourth-order valence-electron chi connectivity index (χ4n) is 1.78. The molecule has 4 heteroatoms. The van der Waals surface area contributed by atoms with Crippen LogP contribution in [-0.2, 0) is 6.54 Å². The van der Waals surface area contributed by atoms with E-state index in [0.29, 0.717) is 12.1 Å². The summed E-state index contributed by atoms with van der Waals surface area (Å²) in [6.45, 7) is 2.39. The molecule has 0 saturated heterocycles. The Morgan fingerprint density at radius 3 is 2.60 bits per heavy atom. The van der Waals surface area contributed by atoms with E-state index in [1.54, 1.807) is 12.1 Å². The van der Waals surface area contributed by atoms with Crippen molar-refractivity contribution in [1.82, 2.24) is 5.32 Å². The van der Waals surface area contributed by atoms with Gasteiger partial charge in [-0.15, -0.1) is 0 Å². The molecule has 0 spiro atoms. The quantitative estimate of drug-likeness (QED) is 0.895. The number of aryl methyl sites for hydroxylation is 1. The van der Waals surface area contributed by atoms with Crippen LogP contribution in [-0.4, -0.2) is 6.03 Å². The van der Waals surface area contributed by atoms with E-state index < -0.39 is 0 Å². The first-order chi connectivity index (χ1) is 9.67. The van der Waals surface area contributed by atoms with Gasteiger partial charge in [-0.3, -0.25) is 0 Å². The normalized spacial score (nSPS) is 9.60. The van der Waals surface area contributed by atoms with Gasteiger partial charge in [-0.05, 0) is 42.3 Å². The first-order valence-corrected chi connectivity index (χ1v) is 6.28. The molecule has 0 fully saturated rings. The van der Waals surface area contributed by atoms with Gasteiger partial charge in [0, 0.05) is 12.2 Å². The van der Waals surface area contributed by atoms with E-state index in [1.807, 2.05) is 43.3 Å². The van der Waals surface area contributed by atoms with Crippen molar-refractivity contribution in [2.45, 2.75) is 13.5 Å². The van der Waals surface area contributed by atoms with Gasteiger partial charge in [0.2, 0.25) is 0 Å². The third-order valence-electron chi connectivity index (χ3n) is 2.81. The number of nitriles is 1. The van der Waals surface area contributed by atoms with E-state index in [9.17, 15) is 4.79 Å². The molecule has 0 aromatic heterocycles. The summed E-state index contributed by atoms with van der Waals surface area (Å²) in [5.41, 5.74) is 3.42. The van der Waals surface area contributed by atoms with Crippen molar-refractivity contribution in [3.05, 3.63) is 65.2 Å². The number of nitrogens with one attached hydrogen (secondary N) is 2. The molecule has 2 aromatic carbocycles. The Bertz CT molecular complexity index is 642. The molecule has 0 bridgehead atoms. The standard InChI is InChI=1S/C16H15N3O/c1-12-3-2-4-15(9-12)19-16(20)18-11-14-7-5-13(10-17)6-8-14/h2-9H,11H2,1H3,(H2,18,19,20). The lowest BCUT2D eigenvalue weighted by molar-refractivity contribution is 0.251. The highest BCUT2D eigenvalue weighted by Gasteiger charge is 2.01. The van der Waals surface area contributed by atoms with Crippen molar-refractivity contribution >= 4 is 11.7 Å². The van der Waals surface area contributed by atoms with E-state index >= 15 is 0 Å². The summed E-state index contributed by atoms with van der Waals surface area (Å²) in [5, 5.41) is 14.2. The molecule has 4 nitrogen and oxygen atoms in total. The van der Waals surface area contributed by atoms with E-state index in [2.05, 4.69) is 16.7 Å². The van der Waals surface area contributed by atoms with Gasteiger partial charge in [0.15, 0.2) is 0 Å². The zero-order valence-corrected chi connectivity index (χ0v) is 11.2. The average molecular weight is 265 g/mol. The van der Waals surface area contributed by atoms with Crippen molar-refractivity contribution in [3.63, 3.8) is 0 Å². The Hall–Kier alpha value is -2.80. The number of hydrogen-bond donors (Lipinski definition) is 2. The summed E-state index contributed by atoms with van der Waals surface area (Å²) < 4.78 is 0. The van der Waals surface area contributed by atoms with Crippen molar-refractivity contribution in [1.29, 1.82) is 5.26 Å². The smallest absolute Gasteiger partial charge is 0.319 e. The largest absolute Gasteiger partial charge is 0.334 e. The highest BCUT2D eigenvalue weighted by Crippen LogP contribution is 2.09. The molecule has 20 heavy (non-hydrogen) atoms. The van der Waals surface area contributed by atoms with Crippen LogP contribution in [0.3, 0.4) is 0 Å². The van der Waals surface area contributed by atoms with Crippen LogP contribution in [0.25, 0.3) is 0 Å². The highest BCUT2D eigenvalue weighted by atomic mass is 16.2. The van der Waals surface area contributed by atoms with Gasteiger partial charge in [0.05, 0.1) is 11.6 Å². The first kappa shape index (κ1) is 13.6. The molecule has 0 heterocycles. The maximum absolute atomic E-state index is 11.7. The molecule has 2 N–H and O–H groups in total. The minimum absolute atomic E-state index is 0.250. The van der Waals surface area contributed by atoms with Gasteiger partial charge >= 0.3 is 6.03 Å². The monoisotopic (exact) mass is 265 g/mol. The fraction of sp³-hybridized carbons (Fsp3) is 0.125. The van der Waals surface area contributed by atoms with E-state index in [0.717, 1.165) is 16.8 Å². The summed E-state index contributed by atoms with van der Waals surface area (Å²) in [6.07, 6.45) is 0. The topological polar surface area (TPSA) is 64.9 Å². The average Bonchev–Trinajstić information content (AvgIpc) is 2.46. The number of rotatable bonds is 3. The van der Waals surface area contributed by atoms with E-state index in [1.165, 1.54) is 0 Å². The molecule has 0 saturated carbocycles. The van der Waals surface area contributed by atoms with E-state index in [4.69, 9.17) is 5.26 Å². The lowest BCUT2D eigenvalue weighted by Gasteiger charge is -2.08. The molecule has 2 rings (SSSR count). The summed E-state index contributed by atoms with van der Waals surface area (Å²) in [5.74, 6) is 0. The zero-order chi connectivity index (χ0) is 14.4. The second-order valence-corrected chi connectivity index (χ2v) is 4.49. The third-order valence-corrected chi connectivity index (χ3v) is 2.81. The first-order valence-electron chi connectivity index (χ1n) is 6.28. The second-order valence-electron chi connectivity index (χ2n) is 4.49. The van der Waals surface area contributed by atoms with Crippen molar-refractivity contribution in [2.75, 3.05) is 5.32 Å². The number of benzene rings is 2. The van der Waals surface area contributed by atoms with Gasteiger partial charge in [0.1, 0.15) is 0 Å². The summed E-state index contributed by atoms with van der Waals surface area (Å²) in [6, 6.07) is 16.5. The molecule has 0 atom stereocenters. The van der Waals surface area contributed by atoms with Gasteiger partial charge < -0.3 is 10.6 Å². The van der Waals surface area contributed by atoms with Crippen LogP contribution < -0.4 is 10.6 Å². The molecule has 0 unspecified atom stereocenters. The molecule has 0 radical (unpaired) electrons. The Kier molecular flexibility index (Phi) is 4.35. The van der Waals surface area contributed by atoms with E-state index in [-0.39, 0.29) is 6.03 Å². The van der Waals surface area contributed by atoms with Crippen molar-refractivity contribution < 1.29 is 4.79 Å². The minimum atomic E-state index is -0.250. The summed E-state index contributed by atoms with van der Waals surface area (Å²) in [4.78, 5) is 11.7. The molecule has 2 aromatic rings.